The van der Waals surface area contributed by atoms with Crippen LogP contribution in [0, 0.1) is 0 Å². The number of likely N-dealkylation sites (tertiary alicyclic amines) is 1. The van der Waals surface area contributed by atoms with Crippen molar-refractivity contribution in [2.45, 2.75) is 18.6 Å². The third-order valence-corrected chi connectivity index (χ3v) is 3.44. The second-order valence-corrected chi connectivity index (χ2v) is 4.65. The van der Waals surface area contributed by atoms with E-state index in [4.69, 9.17) is 9.84 Å². The van der Waals surface area contributed by atoms with Crippen molar-refractivity contribution < 1.29 is 24.2 Å². The molecule has 2 saturated heterocycles. The fourth-order valence-corrected chi connectivity index (χ4v) is 2.40. The molecule has 19 heavy (non-hydrogen) atoms. The van der Waals surface area contributed by atoms with Crippen LogP contribution in [0.5, 0.6) is 0 Å². The predicted octanol–water partition coefficient (Wildman–Crippen LogP) is -1.29. The number of nitrogens with one attached hydrogen (secondary N) is 1. The highest BCUT2D eigenvalue weighted by atomic mass is 16.5. The summed E-state index contributed by atoms with van der Waals surface area (Å²) in [6.07, 6.45) is 0.00102. The number of ether oxygens (including phenoxy) is 1. The van der Waals surface area contributed by atoms with Crippen molar-refractivity contribution in [3.05, 3.63) is 0 Å². The number of carboxylic acids is 1. The van der Waals surface area contributed by atoms with Crippen molar-refractivity contribution in [1.82, 2.24) is 15.1 Å². The molecule has 0 aromatic rings. The smallest absolute Gasteiger partial charge is 0.326 e. The number of nitrogens with zero attached hydrogens (tertiary/aromatic N) is 2. The molecule has 0 aromatic heterocycles. The maximum Gasteiger partial charge on any atom is 0.326 e. The normalized spacial score (nSPS) is 27.3. The van der Waals surface area contributed by atoms with E-state index in [2.05, 4.69) is 5.32 Å². The molecular formula is C11H17N3O5. The third-order valence-electron chi connectivity index (χ3n) is 3.44. The van der Waals surface area contributed by atoms with Crippen molar-refractivity contribution in [2.24, 2.45) is 0 Å². The highest BCUT2D eigenvalue weighted by Gasteiger charge is 2.42. The monoisotopic (exact) mass is 271 g/mol. The van der Waals surface area contributed by atoms with Crippen molar-refractivity contribution in [1.29, 1.82) is 0 Å². The summed E-state index contributed by atoms with van der Waals surface area (Å²) in [5.74, 6) is -1.27. The van der Waals surface area contributed by atoms with Gasteiger partial charge in [0.25, 0.3) is 0 Å². The average molecular weight is 271 g/mol. The minimum absolute atomic E-state index is 0.0285. The van der Waals surface area contributed by atoms with Gasteiger partial charge in [0, 0.05) is 33.2 Å². The van der Waals surface area contributed by atoms with Gasteiger partial charge in [0.1, 0.15) is 12.6 Å². The number of hydrogen-bond donors (Lipinski definition) is 2. The van der Waals surface area contributed by atoms with Gasteiger partial charge in [-0.2, -0.15) is 0 Å². The highest BCUT2D eigenvalue weighted by molar-refractivity contribution is 5.88. The lowest BCUT2D eigenvalue weighted by Crippen LogP contribution is -2.55. The van der Waals surface area contributed by atoms with Gasteiger partial charge in [-0.15, -0.1) is 0 Å². The SMILES string of the molecule is COC1CC(C(=O)O)N(C(=O)N2CCNC(=O)C2)C1. The lowest BCUT2D eigenvalue weighted by molar-refractivity contribution is -0.141. The lowest BCUT2D eigenvalue weighted by Gasteiger charge is -2.32. The van der Waals surface area contributed by atoms with Gasteiger partial charge in [-0.3, -0.25) is 4.79 Å². The molecule has 0 aromatic carbocycles. The topological polar surface area (TPSA) is 99.2 Å². The van der Waals surface area contributed by atoms with Crippen LogP contribution in [-0.2, 0) is 14.3 Å². The van der Waals surface area contributed by atoms with Crippen LogP contribution in [0.15, 0.2) is 0 Å². The number of urea groups is 1. The predicted molar refractivity (Wildman–Crippen MR) is 63.5 cm³/mol. The van der Waals surface area contributed by atoms with Crippen LogP contribution in [0.2, 0.25) is 0 Å². The van der Waals surface area contributed by atoms with Gasteiger partial charge in [0.2, 0.25) is 5.91 Å². The van der Waals surface area contributed by atoms with E-state index in [0.29, 0.717) is 13.1 Å². The zero-order chi connectivity index (χ0) is 14.0. The minimum atomic E-state index is -1.05. The van der Waals surface area contributed by atoms with Crippen LogP contribution in [0.25, 0.3) is 0 Å². The average Bonchev–Trinajstić information content (AvgIpc) is 2.82. The molecule has 106 valence electrons. The Morgan fingerprint density at radius 1 is 1.47 bits per heavy atom. The Balaban J connectivity index is 2.07. The largest absolute Gasteiger partial charge is 0.480 e. The lowest BCUT2D eigenvalue weighted by atomic mass is 10.2. The molecular weight excluding hydrogens is 254 g/mol. The summed E-state index contributed by atoms with van der Waals surface area (Å²) >= 11 is 0. The number of amides is 3. The number of carbonyl (C=O) groups is 3. The fraction of sp³-hybridized carbons (Fsp3) is 0.727. The first-order valence-corrected chi connectivity index (χ1v) is 6.10. The Morgan fingerprint density at radius 2 is 2.21 bits per heavy atom. The molecule has 0 spiro atoms. The summed E-state index contributed by atoms with van der Waals surface area (Å²) in [5, 5.41) is 11.8. The molecule has 2 aliphatic heterocycles. The van der Waals surface area contributed by atoms with Gasteiger partial charge in [0.05, 0.1) is 6.10 Å². The molecule has 2 rings (SSSR count). The molecule has 2 aliphatic rings. The standard InChI is InChI=1S/C11H17N3O5/c1-19-7-4-8(10(16)17)14(5-7)11(18)13-3-2-12-9(15)6-13/h7-8H,2-6H2,1H3,(H,12,15)(H,16,17). The quantitative estimate of drug-likeness (QED) is 0.651. The van der Waals surface area contributed by atoms with E-state index in [1.807, 2.05) is 0 Å². The van der Waals surface area contributed by atoms with Gasteiger partial charge in [-0.25, -0.2) is 9.59 Å². The number of carbonyl (C=O) groups excluding carboxylic acids is 2. The van der Waals surface area contributed by atoms with E-state index >= 15 is 0 Å². The summed E-state index contributed by atoms with van der Waals surface area (Å²) in [7, 11) is 1.49. The molecule has 2 unspecified atom stereocenters. The van der Waals surface area contributed by atoms with Crippen LogP contribution in [-0.4, -0.2) is 78.2 Å². The van der Waals surface area contributed by atoms with Crippen molar-refractivity contribution in [3.8, 4) is 0 Å². The summed E-state index contributed by atoms with van der Waals surface area (Å²) in [4.78, 5) is 37.4. The number of carboxylic acid groups (broad SMARTS) is 1. The molecule has 8 heteroatoms. The Labute approximate surface area is 110 Å². The van der Waals surface area contributed by atoms with E-state index < -0.39 is 18.0 Å². The highest BCUT2D eigenvalue weighted by Crippen LogP contribution is 2.22. The minimum Gasteiger partial charge on any atom is -0.480 e. The van der Waals surface area contributed by atoms with Gasteiger partial charge in [-0.05, 0) is 0 Å². The van der Waals surface area contributed by atoms with Crippen LogP contribution in [0.3, 0.4) is 0 Å². The second-order valence-electron chi connectivity index (χ2n) is 4.65. The molecule has 0 bridgehead atoms. The number of piperazine rings is 1. The maximum atomic E-state index is 12.3. The van der Waals surface area contributed by atoms with Gasteiger partial charge in [-0.1, -0.05) is 0 Å². The Morgan fingerprint density at radius 3 is 2.79 bits per heavy atom. The van der Waals surface area contributed by atoms with Crippen molar-refractivity contribution >= 4 is 17.9 Å². The van der Waals surface area contributed by atoms with E-state index in [-0.39, 0.29) is 31.5 Å². The molecule has 8 nitrogen and oxygen atoms in total. The second kappa shape index (κ2) is 5.43. The van der Waals surface area contributed by atoms with Crippen molar-refractivity contribution in [3.63, 3.8) is 0 Å². The fourth-order valence-electron chi connectivity index (χ4n) is 2.40. The molecule has 2 heterocycles. The third kappa shape index (κ3) is 2.78. The van der Waals surface area contributed by atoms with E-state index in [0.717, 1.165) is 0 Å². The zero-order valence-corrected chi connectivity index (χ0v) is 10.7. The first-order valence-electron chi connectivity index (χ1n) is 6.10. The number of methoxy groups -OCH3 is 1. The van der Waals surface area contributed by atoms with E-state index in [9.17, 15) is 14.4 Å². The molecule has 0 saturated carbocycles. The Bertz CT molecular complexity index is 400. The van der Waals surface area contributed by atoms with Crippen LogP contribution >= 0.6 is 0 Å². The van der Waals surface area contributed by atoms with Gasteiger partial charge in [0.15, 0.2) is 0 Å². The molecule has 0 radical (unpaired) electrons. The molecule has 2 N–H and O–H groups in total. The summed E-state index contributed by atoms with van der Waals surface area (Å²) in [5.41, 5.74) is 0. The van der Waals surface area contributed by atoms with Crippen LogP contribution in [0.1, 0.15) is 6.42 Å². The number of aliphatic carboxylic acids is 1. The van der Waals surface area contributed by atoms with Crippen molar-refractivity contribution in [2.75, 3.05) is 33.3 Å². The maximum absolute atomic E-state index is 12.3. The van der Waals surface area contributed by atoms with Crippen LogP contribution < -0.4 is 5.32 Å². The first-order chi connectivity index (χ1) is 9.02. The van der Waals surface area contributed by atoms with E-state index in [1.165, 1.54) is 16.9 Å². The van der Waals surface area contributed by atoms with Gasteiger partial charge < -0.3 is 25.0 Å². The molecule has 3 amide bonds. The molecule has 2 fully saturated rings. The zero-order valence-electron chi connectivity index (χ0n) is 10.7. The first kappa shape index (κ1) is 13.6. The summed E-state index contributed by atoms with van der Waals surface area (Å²) in [6.45, 7) is 0.999. The Kier molecular flexibility index (Phi) is 3.89. The molecule has 0 aliphatic carbocycles. The molecule has 2 atom stereocenters. The Hall–Kier alpha value is -1.83. The number of hydrogen-bond acceptors (Lipinski definition) is 4. The van der Waals surface area contributed by atoms with Gasteiger partial charge >= 0.3 is 12.0 Å². The van der Waals surface area contributed by atoms with E-state index in [1.54, 1.807) is 0 Å². The summed E-state index contributed by atoms with van der Waals surface area (Å²) in [6, 6.07) is -1.30. The van der Waals surface area contributed by atoms with Crippen LogP contribution in [0.4, 0.5) is 4.79 Å². The summed E-state index contributed by atoms with van der Waals surface area (Å²) < 4.78 is 5.13. The number of rotatable bonds is 2.